The van der Waals surface area contributed by atoms with Crippen molar-refractivity contribution in [3.8, 4) is 0 Å². The van der Waals surface area contributed by atoms with Crippen molar-refractivity contribution in [2.75, 3.05) is 6.54 Å². The lowest BCUT2D eigenvalue weighted by Crippen LogP contribution is -2.61. The number of likely N-dealkylation sites (tertiary alicyclic amines) is 1. The standard InChI is InChI=1S/C19H34N4O3/c1-17(2,3)13(21-16(26)22-18(4,5)6)15(25)23-9-10-11(19(10,7)8)12(23)14(20)24/h10-13H,9H2,1-8H3,(H2,20,24)(H2,21,22,26)/t10-,11-,12-,13+/m0/s1. The minimum Gasteiger partial charge on any atom is -0.368 e. The molecule has 4 atom stereocenters. The van der Waals surface area contributed by atoms with E-state index in [0.717, 1.165) is 0 Å². The van der Waals surface area contributed by atoms with E-state index in [1.165, 1.54) is 0 Å². The van der Waals surface area contributed by atoms with Crippen molar-refractivity contribution in [2.24, 2.45) is 28.4 Å². The van der Waals surface area contributed by atoms with Crippen LogP contribution in [0.5, 0.6) is 0 Å². The van der Waals surface area contributed by atoms with Gasteiger partial charge in [0.15, 0.2) is 0 Å². The summed E-state index contributed by atoms with van der Waals surface area (Å²) in [5.74, 6) is -0.322. The monoisotopic (exact) mass is 366 g/mol. The lowest BCUT2D eigenvalue weighted by atomic mass is 9.85. The van der Waals surface area contributed by atoms with Crippen LogP contribution in [0.25, 0.3) is 0 Å². The Morgan fingerprint density at radius 3 is 2.08 bits per heavy atom. The summed E-state index contributed by atoms with van der Waals surface area (Å²) in [4.78, 5) is 39.2. The highest BCUT2D eigenvalue weighted by molar-refractivity contribution is 5.93. The van der Waals surface area contributed by atoms with Gasteiger partial charge in [0.05, 0.1) is 0 Å². The first kappa shape index (κ1) is 20.5. The van der Waals surface area contributed by atoms with Gasteiger partial charge >= 0.3 is 6.03 Å². The first-order chi connectivity index (χ1) is 11.6. The maximum absolute atomic E-state index is 13.3. The summed E-state index contributed by atoms with van der Waals surface area (Å²) >= 11 is 0. The fraction of sp³-hybridized carbons (Fsp3) is 0.842. The predicted molar refractivity (Wildman–Crippen MR) is 100 cm³/mol. The zero-order chi connectivity index (χ0) is 20.2. The second-order valence-corrected chi connectivity index (χ2v) is 10.4. The molecule has 148 valence electrons. The van der Waals surface area contributed by atoms with Crippen LogP contribution < -0.4 is 16.4 Å². The summed E-state index contributed by atoms with van der Waals surface area (Å²) in [7, 11) is 0. The molecule has 2 aliphatic rings. The van der Waals surface area contributed by atoms with Gasteiger partial charge < -0.3 is 21.3 Å². The van der Waals surface area contributed by atoms with Crippen LogP contribution in [0.2, 0.25) is 0 Å². The van der Waals surface area contributed by atoms with Crippen molar-refractivity contribution in [3.63, 3.8) is 0 Å². The van der Waals surface area contributed by atoms with Crippen LogP contribution in [0, 0.1) is 22.7 Å². The zero-order valence-corrected chi connectivity index (χ0v) is 17.3. The van der Waals surface area contributed by atoms with Crippen molar-refractivity contribution in [1.29, 1.82) is 0 Å². The minimum atomic E-state index is -0.743. The molecule has 0 unspecified atom stereocenters. The fourth-order valence-corrected chi connectivity index (χ4v) is 4.16. The van der Waals surface area contributed by atoms with Crippen LogP contribution >= 0.6 is 0 Å². The average Bonchev–Trinajstić information content (AvgIpc) is 2.81. The number of hydrogen-bond acceptors (Lipinski definition) is 3. The molecule has 0 radical (unpaired) electrons. The number of primary amides is 1. The molecule has 1 saturated heterocycles. The number of urea groups is 1. The van der Waals surface area contributed by atoms with Gasteiger partial charge in [0.1, 0.15) is 12.1 Å². The van der Waals surface area contributed by atoms with E-state index in [-0.39, 0.29) is 23.2 Å². The predicted octanol–water partition coefficient (Wildman–Crippen LogP) is 1.47. The van der Waals surface area contributed by atoms with Crippen molar-refractivity contribution >= 4 is 17.8 Å². The maximum Gasteiger partial charge on any atom is 0.315 e. The zero-order valence-electron chi connectivity index (χ0n) is 17.3. The molecule has 4 N–H and O–H groups in total. The van der Waals surface area contributed by atoms with Crippen molar-refractivity contribution < 1.29 is 14.4 Å². The Balaban J connectivity index is 2.20. The van der Waals surface area contributed by atoms with Gasteiger partial charge in [0.2, 0.25) is 11.8 Å². The molecule has 1 saturated carbocycles. The van der Waals surface area contributed by atoms with Crippen LogP contribution in [0.4, 0.5) is 4.79 Å². The molecule has 0 aromatic rings. The van der Waals surface area contributed by atoms with Gasteiger partial charge in [-0.05, 0) is 43.4 Å². The fourth-order valence-electron chi connectivity index (χ4n) is 4.16. The van der Waals surface area contributed by atoms with E-state index < -0.39 is 35.0 Å². The highest BCUT2D eigenvalue weighted by Crippen LogP contribution is 2.64. The average molecular weight is 367 g/mol. The molecule has 1 heterocycles. The lowest BCUT2D eigenvalue weighted by Gasteiger charge is -2.37. The molecule has 2 fully saturated rings. The number of fused-ring (bicyclic) bond motifs is 1. The van der Waals surface area contributed by atoms with Crippen LogP contribution in [0.1, 0.15) is 55.4 Å². The normalized spacial score (nSPS) is 28.2. The quantitative estimate of drug-likeness (QED) is 0.704. The van der Waals surface area contributed by atoms with E-state index >= 15 is 0 Å². The molecule has 0 aromatic heterocycles. The molecule has 26 heavy (non-hydrogen) atoms. The summed E-state index contributed by atoms with van der Waals surface area (Å²) in [6.45, 7) is 16.0. The summed E-state index contributed by atoms with van der Waals surface area (Å²) < 4.78 is 0. The third-order valence-electron chi connectivity index (χ3n) is 5.66. The molecule has 7 heteroatoms. The van der Waals surface area contributed by atoms with Gasteiger partial charge in [0.25, 0.3) is 0 Å². The maximum atomic E-state index is 13.3. The molecular formula is C19H34N4O3. The van der Waals surface area contributed by atoms with Crippen molar-refractivity contribution in [2.45, 2.75) is 73.0 Å². The molecule has 4 amide bonds. The molecule has 2 rings (SSSR count). The topological polar surface area (TPSA) is 105 Å². The number of rotatable bonds is 3. The number of nitrogens with two attached hydrogens (primary N) is 1. The van der Waals surface area contributed by atoms with Crippen LogP contribution in [0.3, 0.4) is 0 Å². The largest absolute Gasteiger partial charge is 0.368 e. The minimum absolute atomic E-state index is 0.0325. The van der Waals surface area contributed by atoms with Gasteiger partial charge in [-0.3, -0.25) is 9.59 Å². The molecule has 7 nitrogen and oxygen atoms in total. The first-order valence-corrected chi connectivity index (χ1v) is 9.26. The summed E-state index contributed by atoms with van der Waals surface area (Å²) in [6.07, 6.45) is 0. The number of nitrogens with zero attached hydrogens (tertiary/aromatic N) is 1. The van der Waals surface area contributed by atoms with Crippen molar-refractivity contribution in [3.05, 3.63) is 0 Å². The van der Waals surface area contributed by atoms with Crippen LogP contribution in [0.15, 0.2) is 0 Å². The third kappa shape index (κ3) is 3.81. The number of carbonyl (C=O) groups excluding carboxylic acids is 3. The highest BCUT2D eigenvalue weighted by Gasteiger charge is 2.69. The highest BCUT2D eigenvalue weighted by atomic mass is 16.2. The van der Waals surface area contributed by atoms with Gasteiger partial charge in [-0.2, -0.15) is 0 Å². The van der Waals surface area contributed by atoms with Crippen LogP contribution in [-0.2, 0) is 9.59 Å². The number of piperidine rings is 1. The second kappa shape index (κ2) is 6.13. The molecular weight excluding hydrogens is 332 g/mol. The molecule has 0 aromatic carbocycles. The number of hydrogen-bond donors (Lipinski definition) is 3. The SMILES string of the molecule is CC(C)(C)NC(=O)N[C@H](C(=O)N1C[C@H]2[C@@H]([C@H]1C(N)=O)C2(C)C)C(C)(C)C. The Kier molecular flexibility index (Phi) is 4.84. The number of carbonyl (C=O) groups is 3. The summed E-state index contributed by atoms with van der Waals surface area (Å²) in [5.41, 5.74) is 4.74. The molecule has 1 aliphatic heterocycles. The Labute approximate surface area is 156 Å². The van der Waals surface area contributed by atoms with E-state index in [1.807, 2.05) is 41.5 Å². The van der Waals surface area contributed by atoms with Crippen molar-refractivity contribution in [1.82, 2.24) is 15.5 Å². The smallest absolute Gasteiger partial charge is 0.315 e. The van der Waals surface area contributed by atoms with Gasteiger partial charge in [-0.15, -0.1) is 0 Å². The molecule has 0 spiro atoms. The Hall–Kier alpha value is -1.79. The summed E-state index contributed by atoms with van der Waals surface area (Å²) in [6, 6.07) is -1.74. The van der Waals surface area contributed by atoms with Gasteiger partial charge in [0, 0.05) is 12.1 Å². The summed E-state index contributed by atoms with van der Waals surface area (Å²) in [5, 5.41) is 5.63. The number of amides is 4. The van der Waals surface area contributed by atoms with E-state index in [2.05, 4.69) is 24.5 Å². The third-order valence-corrected chi connectivity index (χ3v) is 5.66. The van der Waals surface area contributed by atoms with Crippen LogP contribution in [-0.4, -0.2) is 46.9 Å². The Bertz CT molecular complexity index is 615. The van der Waals surface area contributed by atoms with E-state index in [0.29, 0.717) is 6.54 Å². The van der Waals surface area contributed by atoms with E-state index in [9.17, 15) is 14.4 Å². The second-order valence-electron chi connectivity index (χ2n) is 10.4. The van der Waals surface area contributed by atoms with E-state index in [4.69, 9.17) is 5.73 Å². The van der Waals surface area contributed by atoms with Gasteiger partial charge in [-0.25, -0.2) is 4.79 Å². The van der Waals surface area contributed by atoms with E-state index in [1.54, 1.807) is 4.90 Å². The Morgan fingerprint density at radius 1 is 1.12 bits per heavy atom. The molecule has 0 bridgehead atoms. The molecule has 1 aliphatic carbocycles. The number of nitrogens with one attached hydrogen (secondary N) is 2. The Morgan fingerprint density at radius 2 is 1.65 bits per heavy atom. The lowest BCUT2D eigenvalue weighted by molar-refractivity contribution is -0.142. The van der Waals surface area contributed by atoms with Gasteiger partial charge in [-0.1, -0.05) is 34.6 Å². The first-order valence-electron chi connectivity index (χ1n) is 9.26.